The molecule has 0 saturated heterocycles. The molecule has 0 aliphatic heterocycles. The van der Waals surface area contributed by atoms with Crippen LogP contribution in [0.5, 0.6) is 0 Å². The molecule has 2 aromatic rings. The molecular weight excluding hydrogens is 348 g/mol. The molecule has 2 aromatic heterocycles. The van der Waals surface area contributed by atoms with E-state index in [1.54, 1.807) is 12.6 Å². The number of amides is 1. The normalized spacial score (nSPS) is 16.7. The predicted molar refractivity (Wildman–Crippen MR) is 103 cm³/mol. The number of carbonyl (C=O) groups is 1. The average molecular weight is 375 g/mol. The van der Waals surface area contributed by atoms with E-state index in [2.05, 4.69) is 21.0 Å². The van der Waals surface area contributed by atoms with Gasteiger partial charge in [0.2, 0.25) is 0 Å². The van der Waals surface area contributed by atoms with Crippen molar-refractivity contribution in [1.82, 2.24) is 14.8 Å². The van der Waals surface area contributed by atoms with E-state index in [1.165, 1.54) is 75.7 Å². The number of nitrogens with zero attached hydrogens (tertiary/aromatic N) is 3. The van der Waals surface area contributed by atoms with Crippen LogP contribution in [0.3, 0.4) is 0 Å². The molecule has 0 aromatic carbocycles. The van der Waals surface area contributed by atoms with Crippen molar-refractivity contribution < 1.29 is 4.79 Å². The SMILES string of the molecule is Cc1ncc(Cl)cc1C(N)=O.c1nn(CC2CCCCC2)c2c1CCC2. The van der Waals surface area contributed by atoms with E-state index in [0.29, 0.717) is 16.3 Å². The standard InChI is InChI=1S/C13H20N2.C7H7ClN2O/c1-2-5-11(6-3-1)10-15-13-8-4-7-12(13)9-14-15;1-4-6(7(9)11)2-5(8)3-10-4/h9,11H,1-8,10H2;2-3H,1H3,(H2,9,11). The van der Waals surface area contributed by atoms with Crippen molar-refractivity contribution >= 4 is 17.5 Å². The van der Waals surface area contributed by atoms with E-state index < -0.39 is 5.91 Å². The summed E-state index contributed by atoms with van der Waals surface area (Å²) in [6.45, 7) is 2.89. The Hall–Kier alpha value is -1.88. The van der Waals surface area contributed by atoms with Gasteiger partial charge in [0.05, 0.1) is 22.5 Å². The Morgan fingerprint density at radius 1 is 1.23 bits per heavy atom. The van der Waals surface area contributed by atoms with Gasteiger partial charge in [0.15, 0.2) is 0 Å². The van der Waals surface area contributed by atoms with E-state index >= 15 is 0 Å². The van der Waals surface area contributed by atoms with Crippen molar-refractivity contribution in [3.05, 3.63) is 46.0 Å². The van der Waals surface area contributed by atoms with Crippen molar-refractivity contribution in [2.45, 2.75) is 64.8 Å². The minimum absolute atomic E-state index is 0.373. The van der Waals surface area contributed by atoms with Crippen LogP contribution in [-0.4, -0.2) is 20.7 Å². The first-order valence-corrected chi connectivity index (χ1v) is 9.88. The fourth-order valence-corrected chi connectivity index (χ4v) is 4.08. The van der Waals surface area contributed by atoms with Gasteiger partial charge in [-0.2, -0.15) is 5.10 Å². The number of primary amides is 1. The van der Waals surface area contributed by atoms with Gasteiger partial charge in [-0.05, 0) is 56.6 Å². The highest BCUT2D eigenvalue weighted by molar-refractivity contribution is 6.30. The number of carbonyl (C=O) groups excluding carboxylic acids is 1. The molecule has 1 amide bonds. The highest BCUT2D eigenvalue weighted by Crippen LogP contribution is 2.27. The van der Waals surface area contributed by atoms with Crippen LogP contribution in [0.15, 0.2) is 18.5 Å². The Labute approximate surface area is 159 Å². The summed E-state index contributed by atoms with van der Waals surface area (Å²) in [5.41, 5.74) is 9.08. The third kappa shape index (κ3) is 4.64. The van der Waals surface area contributed by atoms with Crippen LogP contribution in [0, 0.1) is 12.8 Å². The molecule has 140 valence electrons. The van der Waals surface area contributed by atoms with E-state index in [-0.39, 0.29) is 0 Å². The van der Waals surface area contributed by atoms with Crippen LogP contribution < -0.4 is 5.73 Å². The van der Waals surface area contributed by atoms with Crippen LogP contribution in [0.1, 0.15) is 65.8 Å². The lowest BCUT2D eigenvalue weighted by Crippen LogP contribution is -2.16. The third-order valence-electron chi connectivity index (χ3n) is 5.37. The zero-order chi connectivity index (χ0) is 18.5. The van der Waals surface area contributed by atoms with Crippen LogP contribution in [-0.2, 0) is 19.4 Å². The van der Waals surface area contributed by atoms with Gasteiger partial charge in [-0.3, -0.25) is 14.5 Å². The summed E-state index contributed by atoms with van der Waals surface area (Å²) < 4.78 is 2.30. The number of aryl methyl sites for hydroxylation is 2. The number of hydrogen-bond acceptors (Lipinski definition) is 3. The van der Waals surface area contributed by atoms with Crippen LogP contribution >= 0.6 is 11.6 Å². The summed E-state index contributed by atoms with van der Waals surface area (Å²) in [7, 11) is 0. The second-order valence-electron chi connectivity index (χ2n) is 7.31. The van der Waals surface area contributed by atoms with Crippen LogP contribution in [0.2, 0.25) is 5.02 Å². The lowest BCUT2D eigenvalue weighted by Gasteiger charge is -2.22. The van der Waals surface area contributed by atoms with Crippen molar-refractivity contribution in [3.63, 3.8) is 0 Å². The first-order valence-electron chi connectivity index (χ1n) is 9.50. The van der Waals surface area contributed by atoms with Gasteiger partial charge in [-0.15, -0.1) is 0 Å². The number of hydrogen-bond donors (Lipinski definition) is 1. The maximum absolute atomic E-state index is 10.7. The predicted octanol–water partition coefficient (Wildman–Crippen LogP) is 4.09. The van der Waals surface area contributed by atoms with Gasteiger partial charge >= 0.3 is 0 Å². The Bertz CT molecular complexity index is 765. The summed E-state index contributed by atoms with van der Waals surface area (Å²) in [6.07, 6.45) is 14.6. The highest BCUT2D eigenvalue weighted by atomic mass is 35.5. The van der Waals surface area contributed by atoms with E-state index in [4.69, 9.17) is 17.3 Å². The molecule has 0 bridgehead atoms. The Balaban J connectivity index is 0.000000160. The highest BCUT2D eigenvalue weighted by Gasteiger charge is 2.20. The van der Waals surface area contributed by atoms with Crippen molar-refractivity contribution in [3.8, 4) is 0 Å². The summed E-state index contributed by atoms with van der Waals surface area (Å²) >= 11 is 5.59. The number of rotatable bonds is 3. The molecule has 0 unspecified atom stereocenters. The molecule has 0 radical (unpaired) electrons. The topological polar surface area (TPSA) is 73.8 Å². The zero-order valence-corrected chi connectivity index (χ0v) is 16.1. The molecule has 2 heterocycles. The molecule has 0 atom stereocenters. The van der Waals surface area contributed by atoms with Crippen LogP contribution in [0.4, 0.5) is 0 Å². The zero-order valence-electron chi connectivity index (χ0n) is 15.4. The summed E-state index contributed by atoms with van der Waals surface area (Å²) in [4.78, 5) is 14.6. The molecule has 26 heavy (non-hydrogen) atoms. The molecule has 0 spiro atoms. The first-order chi connectivity index (χ1) is 12.5. The molecule has 4 rings (SSSR count). The number of pyridine rings is 1. The molecule has 2 aliphatic rings. The lowest BCUT2D eigenvalue weighted by molar-refractivity contribution is 0.0999. The fraction of sp³-hybridized carbons (Fsp3) is 0.550. The van der Waals surface area contributed by atoms with Crippen molar-refractivity contribution in [2.75, 3.05) is 0 Å². The lowest BCUT2D eigenvalue weighted by atomic mass is 9.89. The van der Waals surface area contributed by atoms with Crippen molar-refractivity contribution in [2.24, 2.45) is 11.7 Å². The Morgan fingerprint density at radius 3 is 2.69 bits per heavy atom. The average Bonchev–Trinajstić information content (AvgIpc) is 3.24. The number of aromatic nitrogens is 3. The summed E-state index contributed by atoms with van der Waals surface area (Å²) in [5, 5.41) is 4.97. The van der Waals surface area contributed by atoms with Gasteiger partial charge < -0.3 is 5.73 Å². The summed E-state index contributed by atoms with van der Waals surface area (Å²) in [5.74, 6) is 0.404. The molecule has 1 fully saturated rings. The van der Waals surface area contributed by atoms with Gasteiger partial charge in [0.1, 0.15) is 0 Å². The molecule has 6 heteroatoms. The molecule has 2 aliphatic carbocycles. The Kier molecular flexibility index (Phi) is 6.30. The number of nitrogens with two attached hydrogens (primary N) is 1. The molecule has 2 N–H and O–H groups in total. The molecular formula is C20H27ClN4O. The van der Waals surface area contributed by atoms with Gasteiger partial charge in [-0.25, -0.2) is 0 Å². The molecule has 1 saturated carbocycles. The quantitative estimate of drug-likeness (QED) is 0.879. The van der Waals surface area contributed by atoms with Gasteiger partial charge in [0.25, 0.3) is 5.91 Å². The molecule has 5 nitrogen and oxygen atoms in total. The number of halogens is 1. The second-order valence-corrected chi connectivity index (χ2v) is 7.74. The second kappa shape index (κ2) is 8.67. The fourth-order valence-electron chi connectivity index (χ4n) is 3.92. The van der Waals surface area contributed by atoms with Crippen LogP contribution in [0.25, 0.3) is 0 Å². The Morgan fingerprint density at radius 2 is 2.00 bits per heavy atom. The maximum atomic E-state index is 10.7. The smallest absolute Gasteiger partial charge is 0.250 e. The summed E-state index contributed by atoms with van der Waals surface area (Å²) in [6, 6.07) is 1.51. The monoisotopic (exact) mass is 374 g/mol. The van der Waals surface area contributed by atoms with E-state index in [1.807, 2.05) is 0 Å². The largest absolute Gasteiger partial charge is 0.366 e. The minimum Gasteiger partial charge on any atom is -0.366 e. The minimum atomic E-state index is -0.502. The van der Waals surface area contributed by atoms with E-state index in [0.717, 1.165) is 5.92 Å². The van der Waals surface area contributed by atoms with E-state index in [9.17, 15) is 4.79 Å². The van der Waals surface area contributed by atoms with Gasteiger partial charge in [-0.1, -0.05) is 30.9 Å². The van der Waals surface area contributed by atoms with Gasteiger partial charge in [0, 0.05) is 18.4 Å². The maximum Gasteiger partial charge on any atom is 0.250 e. The first kappa shape index (κ1) is 18.9. The third-order valence-corrected chi connectivity index (χ3v) is 5.58. The number of fused-ring (bicyclic) bond motifs is 1. The van der Waals surface area contributed by atoms with Crippen molar-refractivity contribution in [1.29, 1.82) is 0 Å².